The first-order valence-corrected chi connectivity index (χ1v) is 9.63. The monoisotopic (exact) mass is 378 g/mol. The molecule has 0 radical (unpaired) electrons. The van der Waals surface area contributed by atoms with Gasteiger partial charge < -0.3 is 4.74 Å². The molecule has 2 aromatic rings. The van der Waals surface area contributed by atoms with Gasteiger partial charge >= 0.3 is 0 Å². The van der Waals surface area contributed by atoms with Crippen molar-refractivity contribution in [3.8, 4) is 5.75 Å². The highest BCUT2D eigenvalue weighted by Gasteiger charge is 2.14. The molecule has 138 valence electrons. The number of halogens is 1. The molecule has 26 heavy (non-hydrogen) atoms. The number of hydrogen-bond acceptors (Lipinski definition) is 5. The Morgan fingerprint density at radius 2 is 1.69 bits per heavy atom. The molecule has 0 fully saturated rings. The molecule has 0 spiro atoms. The van der Waals surface area contributed by atoms with Crippen LogP contribution in [-0.4, -0.2) is 32.4 Å². The molecular formula is C18H19FN2O4S. The molecule has 0 aliphatic carbocycles. The highest BCUT2D eigenvalue weighted by Crippen LogP contribution is 2.13. The van der Waals surface area contributed by atoms with Gasteiger partial charge in [0, 0.05) is 6.26 Å². The molecule has 0 unspecified atom stereocenters. The number of rotatable bonds is 6. The molecule has 0 bridgehead atoms. The standard InChI is InChI=1S/C18H19FN2O4S/c1-12(14-4-10-17(11-5-14)26(3,23)24)20-21-18(22)13(2)25-16-8-6-15(19)7-9-16/h4-11,13H,1-3H3,(H,21,22)/b20-12-/t13-/m0/s1. The largest absolute Gasteiger partial charge is 0.481 e. The van der Waals surface area contributed by atoms with Crippen LogP contribution in [0, 0.1) is 5.82 Å². The fourth-order valence-corrected chi connectivity index (χ4v) is 2.64. The maximum atomic E-state index is 12.9. The third-order valence-corrected chi connectivity index (χ3v) is 4.66. The lowest BCUT2D eigenvalue weighted by atomic mass is 10.1. The van der Waals surface area contributed by atoms with Crippen LogP contribution in [0.2, 0.25) is 0 Å². The summed E-state index contributed by atoms with van der Waals surface area (Å²) in [5, 5.41) is 3.99. The zero-order valence-electron chi connectivity index (χ0n) is 14.6. The van der Waals surface area contributed by atoms with Gasteiger partial charge in [-0.05, 0) is 55.8 Å². The number of hydrazone groups is 1. The summed E-state index contributed by atoms with van der Waals surface area (Å²) in [5.74, 6) is -0.496. The lowest BCUT2D eigenvalue weighted by Gasteiger charge is -2.13. The predicted molar refractivity (Wildman–Crippen MR) is 96.4 cm³/mol. The van der Waals surface area contributed by atoms with E-state index in [4.69, 9.17) is 4.74 Å². The molecular weight excluding hydrogens is 359 g/mol. The maximum absolute atomic E-state index is 12.9. The van der Waals surface area contributed by atoms with E-state index < -0.39 is 27.7 Å². The van der Waals surface area contributed by atoms with E-state index in [-0.39, 0.29) is 4.90 Å². The lowest BCUT2D eigenvalue weighted by molar-refractivity contribution is -0.127. The van der Waals surface area contributed by atoms with Gasteiger partial charge in [-0.2, -0.15) is 5.10 Å². The molecule has 1 N–H and O–H groups in total. The summed E-state index contributed by atoms with van der Waals surface area (Å²) in [6, 6.07) is 11.5. The van der Waals surface area contributed by atoms with E-state index >= 15 is 0 Å². The van der Waals surface area contributed by atoms with Crippen molar-refractivity contribution in [1.29, 1.82) is 0 Å². The van der Waals surface area contributed by atoms with Gasteiger partial charge in [-0.15, -0.1) is 0 Å². The SMILES string of the molecule is C/C(=N/NC(=O)[C@H](C)Oc1ccc(F)cc1)c1ccc(S(C)(=O)=O)cc1. The average molecular weight is 378 g/mol. The van der Waals surface area contributed by atoms with Crippen molar-refractivity contribution in [2.75, 3.05) is 6.26 Å². The van der Waals surface area contributed by atoms with Crippen molar-refractivity contribution in [2.24, 2.45) is 5.10 Å². The van der Waals surface area contributed by atoms with Crippen molar-refractivity contribution in [3.05, 3.63) is 59.9 Å². The average Bonchev–Trinajstić information content (AvgIpc) is 2.60. The Morgan fingerprint density at radius 1 is 1.12 bits per heavy atom. The molecule has 8 heteroatoms. The third kappa shape index (κ3) is 5.38. The van der Waals surface area contributed by atoms with Crippen LogP contribution in [0.4, 0.5) is 4.39 Å². The predicted octanol–water partition coefficient (Wildman–Crippen LogP) is 2.54. The van der Waals surface area contributed by atoms with Crippen molar-refractivity contribution in [3.63, 3.8) is 0 Å². The first kappa shape index (κ1) is 19.6. The molecule has 0 aliphatic rings. The van der Waals surface area contributed by atoms with E-state index in [0.717, 1.165) is 6.26 Å². The number of hydrogen-bond donors (Lipinski definition) is 1. The molecule has 1 amide bonds. The molecule has 0 aliphatic heterocycles. The van der Waals surface area contributed by atoms with Gasteiger partial charge in [0.25, 0.3) is 5.91 Å². The Morgan fingerprint density at radius 3 is 2.23 bits per heavy atom. The molecule has 2 rings (SSSR count). The van der Waals surface area contributed by atoms with Gasteiger partial charge in [-0.25, -0.2) is 18.2 Å². The smallest absolute Gasteiger partial charge is 0.280 e. The summed E-state index contributed by atoms with van der Waals surface area (Å²) in [4.78, 5) is 12.2. The minimum atomic E-state index is -3.26. The second-order valence-corrected chi connectivity index (χ2v) is 7.70. The number of nitrogens with one attached hydrogen (secondary N) is 1. The number of amides is 1. The fourth-order valence-electron chi connectivity index (χ4n) is 2.01. The Balaban J connectivity index is 1.98. The van der Waals surface area contributed by atoms with Gasteiger partial charge in [0.1, 0.15) is 11.6 Å². The quantitative estimate of drug-likeness (QED) is 0.618. The number of nitrogens with zero attached hydrogens (tertiary/aromatic N) is 1. The zero-order chi connectivity index (χ0) is 19.3. The number of carbonyl (C=O) groups excluding carboxylic acids is 1. The molecule has 6 nitrogen and oxygen atoms in total. The number of ether oxygens (including phenoxy) is 1. The van der Waals surface area contributed by atoms with Crippen LogP contribution < -0.4 is 10.2 Å². The fraction of sp³-hybridized carbons (Fsp3) is 0.222. The third-order valence-electron chi connectivity index (χ3n) is 3.53. The van der Waals surface area contributed by atoms with Crippen LogP contribution in [0.3, 0.4) is 0 Å². The number of carbonyl (C=O) groups is 1. The first-order chi connectivity index (χ1) is 12.2. The van der Waals surface area contributed by atoms with Gasteiger partial charge in [0.15, 0.2) is 15.9 Å². The van der Waals surface area contributed by atoms with Crippen LogP contribution in [0.15, 0.2) is 58.5 Å². The Labute approximate surface area is 151 Å². The van der Waals surface area contributed by atoms with Crippen molar-refractivity contribution < 1.29 is 22.3 Å². The van der Waals surface area contributed by atoms with E-state index in [2.05, 4.69) is 10.5 Å². The Hall–Kier alpha value is -2.74. The second-order valence-electron chi connectivity index (χ2n) is 5.68. The van der Waals surface area contributed by atoms with Crippen LogP contribution in [0.1, 0.15) is 19.4 Å². The van der Waals surface area contributed by atoms with Crippen LogP contribution in [-0.2, 0) is 14.6 Å². The van der Waals surface area contributed by atoms with Crippen LogP contribution >= 0.6 is 0 Å². The van der Waals surface area contributed by atoms with Crippen molar-refractivity contribution in [2.45, 2.75) is 24.8 Å². The summed E-state index contributed by atoms with van der Waals surface area (Å²) >= 11 is 0. The van der Waals surface area contributed by atoms with Gasteiger partial charge in [-0.1, -0.05) is 12.1 Å². The van der Waals surface area contributed by atoms with E-state index in [1.54, 1.807) is 26.0 Å². The molecule has 0 saturated carbocycles. The van der Waals surface area contributed by atoms with E-state index in [1.807, 2.05) is 0 Å². The first-order valence-electron chi connectivity index (χ1n) is 7.73. The summed E-state index contributed by atoms with van der Waals surface area (Å²) in [5.41, 5.74) is 3.57. The molecule has 0 saturated heterocycles. The van der Waals surface area contributed by atoms with E-state index in [9.17, 15) is 17.6 Å². The maximum Gasteiger partial charge on any atom is 0.280 e. The van der Waals surface area contributed by atoms with Crippen molar-refractivity contribution in [1.82, 2.24) is 5.43 Å². The molecule has 0 heterocycles. The van der Waals surface area contributed by atoms with E-state index in [0.29, 0.717) is 17.0 Å². The lowest BCUT2D eigenvalue weighted by Crippen LogP contribution is -2.33. The molecule has 1 atom stereocenters. The highest BCUT2D eigenvalue weighted by molar-refractivity contribution is 7.90. The molecule has 2 aromatic carbocycles. The van der Waals surface area contributed by atoms with Crippen molar-refractivity contribution >= 4 is 21.5 Å². The second kappa shape index (κ2) is 8.09. The van der Waals surface area contributed by atoms with E-state index in [1.165, 1.54) is 36.4 Å². The number of sulfone groups is 1. The minimum Gasteiger partial charge on any atom is -0.481 e. The number of benzene rings is 2. The Bertz CT molecular complexity index is 907. The molecule has 0 aromatic heterocycles. The zero-order valence-corrected chi connectivity index (χ0v) is 15.4. The van der Waals surface area contributed by atoms with Gasteiger partial charge in [-0.3, -0.25) is 4.79 Å². The summed E-state index contributed by atoms with van der Waals surface area (Å²) < 4.78 is 41.2. The minimum absolute atomic E-state index is 0.208. The van der Waals surface area contributed by atoms with Crippen LogP contribution in [0.5, 0.6) is 5.75 Å². The Kier molecular flexibility index (Phi) is 6.10. The summed E-state index contributed by atoms with van der Waals surface area (Å²) in [6.07, 6.45) is 0.302. The summed E-state index contributed by atoms with van der Waals surface area (Å²) in [7, 11) is -3.26. The topological polar surface area (TPSA) is 84.8 Å². The van der Waals surface area contributed by atoms with Gasteiger partial charge in [0.05, 0.1) is 10.6 Å². The van der Waals surface area contributed by atoms with Crippen LogP contribution in [0.25, 0.3) is 0 Å². The highest BCUT2D eigenvalue weighted by atomic mass is 32.2. The van der Waals surface area contributed by atoms with Gasteiger partial charge in [0.2, 0.25) is 0 Å². The summed E-state index contributed by atoms with van der Waals surface area (Å²) in [6.45, 7) is 3.23. The normalized spacial score (nSPS) is 13.2.